The second kappa shape index (κ2) is 20.8. The molecule has 0 heterocycles. The van der Waals surface area contributed by atoms with E-state index in [2.05, 4.69) is 58.4 Å². The fourth-order valence-electron chi connectivity index (χ4n) is 2.82. The van der Waals surface area contributed by atoms with Crippen LogP contribution in [0.5, 0.6) is 0 Å². The smallest absolute Gasteiger partial charge is 0.322 e. The van der Waals surface area contributed by atoms with Crippen molar-refractivity contribution in [1.29, 1.82) is 0 Å². The quantitative estimate of drug-likeness (QED) is 0.0586. The lowest BCUT2D eigenvalue weighted by molar-refractivity contribution is -0.170. The van der Waals surface area contributed by atoms with Crippen LogP contribution in [0.25, 0.3) is 0 Å². The van der Waals surface area contributed by atoms with Crippen molar-refractivity contribution >= 4 is 77.5 Å². The molecule has 0 spiro atoms. The van der Waals surface area contributed by atoms with Crippen LogP contribution in [0.4, 0.5) is 0 Å². The van der Waals surface area contributed by atoms with Crippen molar-refractivity contribution < 1.29 is 52.4 Å². The summed E-state index contributed by atoms with van der Waals surface area (Å²) < 4.78 is 29.9. The summed E-state index contributed by atoms with van der Waals surface area (Å²) in [6, 6.07) is -0.583. The number of alkyl halides is 3. The van der Waals surface area contributed by atoms with E-state index in [1.54, 1.807) is 48.5 Å². The summed E-state index contributed by atoms with van der Waals surface area (Å²) in [6.45, 7) is 11.2. The third-order valence-corrected chi connectivity index (χ3v) is 6.50. The van der Waals surface area contributed by atoms with Crippen LogP contribution < -0.4 is 16.4 Å². The third kappa shape index (κ3) is 20.5. The van der Waals surface area contributed by atoms with Crippen molar-refractivity contribution in [2.45, 2.75) is 67.5 Å². The van der Waals surface area contributed by atoms with E-state index < -0.39 is 48.2 Å². The van der Waals surface area contributed by atoms with E-state index in [1.165, 1.54) is 0 Å². The number of esters is 3. The summed E-state index contributed by atoms with van der Waals surface area (Å²) in [5.74, 6) is -2.54. The summed E-state index contributed by atoms with van der Waals surface area (Å²) in [5, 5.41) is 5.27. The third-order valence-electron chi connectivity index (χ3n) is 5.53. The predicted molar refractivity (Wildman–Crippen MR) is 176 cm³/mol. The molecule has 0 aliphatic carbocycles. The van der Waals surface area contributed by atoms with Gasteiger partial charge in [0.05, 0.1) is 44.5 Å². The van der Waals surface area contributed by atoms with Crippen molar-refractivity contribution in [2.75, 3.05) is 72.6 Å². The van der Waals surface area contributed by atoms with E-state index >= 15 is 0 Å². The van der Waals surface area contributed by atoms with Gasteiger partial charge in [-0.1, -0.05) is 47.8 Å². The van der Waals surface area contributed by atoms with Gasteiger partial charge >= 0.3 is 17.9 Å². The Balaban J connectivity index is 5.07. The molecular formula is C28H48Br3N3O11. The molecule has 0 aliphatic heterocycles. The number of nitrogens with two attached hydrogens (primary N) is 1. The highest BCUT2D eigenvalue weighted by atomic mass is 79.9. The van der Waals surface area contributed by atoms with Gasteiger partial charge in [0.1, 0.15) is 39.4 Å². The molecule has 0 aromatic rings. The van der Waals surface area contributed by atoms with Crippen molar-refractivity contribution in [1.82, 2.24) is 10.6 Å². The summed E-state index contributed by atoms with van der Waals surface area (Å²) in [5.41, 5.74) is 4.11. The van der Waals surface area contributed by atoms with Gasteiger partial charge in [-0.05, 0) is 48.5 Å². The number of hydrogen-bond donors (Lipinski definition) is 3. The summed E-state index contributed by atoms with van der Waals surface area (Å²) in [7, 11) is 0. The van der Waals surface area contributed by atoms with Crippen LogP contribution in [0, 0.1) is 5.41 Å². The highest BCUT2D eigenvalue weighted by molar-refractivity contribution is 9.10. The Morgan fingerprint density at radius 2 is 1.00 bits per heavy atom. The van der Waals surface area contributed by atoms with Gasteiger partial charge in [-0.15, -0.1) is 0 Å². The highest BCUT2D eigenvalue weighted by Crippen LogP contribution is 2.27. The maximum Gasteiger partial charge on any atom is 0.322 e. The molecule has 14 nitrogen and oxygen atoms in total. The van der Waals surface area contributed by atoms with Gasteiger partial charge in [0, 0.05) is 13.1 Å². The standard InChI is InChI=1S/C28H48Br3N3O11/c1-19(32)21(36)34-9-11-41-13-12-40-10-8-33-20(35)14-42-15-28(16-43-22(37)25(2,3)29,17-44-23(38)26(4,5)30)18-45-24(39)27(6,7)31/h19H,8-18,32H2,1-7H3,(H,33,35)(H,34,36). The zero-order valence-corrected chi connectivity index (χ0v) is 31.8. The molecule has 2 amide bonds. The summed E-state index contributed by atoms with van der Waals surface area (Å²) >= 11 is 9.74. The zero-order valence-electron chi connectivity index (χ0n) is 27.1. The zero-order chi connectivity index (χ0) is 34.9. The van der Waals surface area contributed by atoms with Gasteiger partial charge in [0.25, 0.3) is 0 Å². The highest BCUT2D eigenvalue weighted by Gasteiger charge is 2.41. The normalized spacial score (nSPS) is 13.0. The predicted octanol–water partition coefficient (Wildman–Crippen LogP) is 1.75. The minimum absolute atomic E-state index is 0.200. The monoisotopic (exact) mass is 839 g/mol. The Labute approximate surface area is 290 Å². The van der Waals surface area contributed by atoms with Gasteiger partial charge in [0.2, 0.25) is 11.8 Å². The van der Waals surface area contributed by atoms with Crippen molar-refractivity contribution in [3.63, 3.8) is 0 Å². The number of carbonyl (C=O) groups is 5. The fourth-order valence-corrected chi connectivity index (χ4v) is 3.17. The average Bonchev–Trinajstić information content (AvgIpc) is 2.92. The van der Waals surface area contributed by atoms with Crippen molar-refractivity contribution in [2.24, 2.45) is 11.1 Å². The molecule has 0 radical (unpaired) electrons. The lowest BCUT2D eigenvalue weighted by Crippen LogP contribution is -2.47. The van der Waals surface area contributed by atoms with Gasteiger partial charge in [-0.3, -0.25) is 24.0 Å². The molecule has 0 aliphatic rings. The molecule has 0 fully saturated rings. The maximum atomic E-state index is 12.6. The molecule has 0 aromatic heterocycles. The largest absolute Gasteiger partial charge is 0.464 e. The first-order chi connectivity index (χ1) is 20.6. The lowest BCUT2D eigenvalue weighted by atomic mass is 9.92. The molecule has 4 N–H and O–H groups in total. The number of ether oxygens (including phenoxy) is 6. The topological polar surface area (TPSA) is 191 Å². The van der Waals surface area contributed by atoms with Crippen molar-refractivity contribution in [3.05, 3.63) is 0 Å². The number of halogens is 3. The molecule has 0 saturated heterocycles. The molecular weight excluding hydrogens is 794 g/mol. The maximum absolute atomic E-state index is 12.6. The molecule has 17 heteroatoms. The van der Waals surface area contributed by atoms with Crippen LogP contribution in [0.3, 0.4) is 0 Å². The van der Waals surface area contributed by atoms with E-state index in [1.807, 2.05) is 0 Å². The van der Waals surface area contributed by atoms with Crippen LogP contribution in [0.2, 0.25) is 0 Å². The first-order valence-electron chi connectivity index (χ1n) is 14.2. The molecule has 45 heavy (non-hydrogen) atoms. The Morgan fingerprint density at radius 3 is 1.36 bits per heavy atom. The molecule has 262 valence electrons. The first kappa shape index (κ1) is 43.6. The first-order valence-corrected chi connectivity index (χ1v) is 16.6. The average molecular weight is 842 g/mol. The Hall–Kier alpha value is -1.37. The lowest BCUT2D eigenvalue weighted by Gasteiger charge is -2.34. The minimum atomic E-state index is -1.34. The molecule has 1 unspecified atom stereocenters. The number of nitrogens with one attached hydrogen (secondary N) is 2. The molecule has 0 aromatic carbocycles. The molecule has 0 rings (SSSR count). The van der Waals surface area contributed by atoms with Crippen molar-refractivity contribution in [3.8, 4) is 0 Å². The minimum Gasteiger partial charge on any atom is -0.464 e. The van der Waals surface area contributed by atoms with Crippen LogP contribution in [0.15, 0.2) is 0 Å². The van der Waals surface area contributed by atoms with Gasteiger partial charge in [-0.25, -0.2) is 0 Å². The van der Waals surface area contributed by atoms with E-state index in [-0.39, 0.29) is 58.7 Å². The SMILES string of the molecule is CC(N)C(=O)NCCOCCOCCNC(=O)COCC(COC(=O)C(C)(C)Br)(COC(=O)C(C)(C)Br)COC(=O)C(C)(C)Br. The molecule has 0 bridgehead atoms. The summed E-state index contributed by atoms with van der Waals surface area (Å²) in [6.07, 6.45) is 0. The Bertz CT molecular complexity index is 888. The molecule has 0 saturated carbocycles. The van der Waals surface area contributed by atoms with E-state index in [4.69, 9.17) is 34.2 Å². The van der Waals surface area contributed by atoms with Crippen LogP contribution in [0.1, 0.15) is 48.5 Å². The van der Waals surface area contributed by atoms with E-state index in [0.29, 0.717) is 19.8 Å². The van der Waals surface area contributed by atoms with E-state index in [0.717, 1.165) is 0 Å². The van der Waals surface area contributed by atoms with Crippen LogP contribution in [-0.4, -0.2) is 121 Å². The van der Waals surface area contributed by atoms with Gasteiger partial charge < -0.3 is 44.8 Å². The van der Waals surface area contributed by atoms with E-state index in [9.17, 15) is 24.0 Å². The van der Waals surface area contributed by atoms with Gasteiger partial charge in [0.15, 0.2) is 0 Å². The number of carbonyl (C=O) groups excluding carboxylic acids is 5. The number of rotatable bonds is 23. The summed E-state index contributed by atoms with van der Waals surface area (Å²) in [4.78, 5) is 61.4. The second-order valence-electron chi connectivity index (χ2n) is 11.8. The van der Waals surface area contributed by atoms with Gasteiger partial charge in [-0.2, -0.15) is 0 Å². The Kier molecular flexibility index (Phi) is 20.1. The number of amides is 2. The molecule has 1 atom stereocenters. The second-order valence-corrected chi connectivity index (χ2v) is 17.7. The van der Waals surface area contributed by atoms with Crippen LogP contribution in [-0.2, 0) is 52.4 Å². The number of hydrogen-bond acceptors (Lipinski definition) is 12. The fraction of sp³-hybridized carbons (Fsp3) is 0.821. The Morgan fingerprint density at radius 1 is 0.622 bits per heavy atom. The van der Waals surface area contributed by atoms with Crippen LogP contribution >= 0.6 is 47.8 Å².